The quantitative estimate of drug-likeness (QED) is 0.0130. The number of ether oxygens (including phenoxy) is 4. The number of H-pyrrole nitrogens is 2. The maximum absolute atomic E-state index is 13.4. The van der Waals surface area contributed by atoms with Gasteiger partial charge in [-0.05, 0) is 197 Å². The summed E-state index contributed by atoms with van der Waals surface area (Å²) in [6, 6.07) is 37.5. The van der Waals surface area contributed by atoms with E-state index in [-0.39, 0.29) is 0 Å². The number of carbonyl (C=O) groups is 4. The van der Waals surface area contributed by atoms with Crippen LogP contribution in [0.15, 0.2) is 121 Å². The van der Waals surface area contributed by atoms with Gasteiger partial charge in [0.15, 0.2) is 0 Å². The van der Waals surface area contributed by atoms with E-state index in [0.717, 1.165) is 169 Å². The van der Waals surface area contributed by atoms with E-state index in [1.54, 1.807) is 48.5 Å². The number of fused-ring (bicyclic) bond motifs is 8. The number of carbonyl (C=O) groups excluding carboxylic acids is 4. The first kappa shape index (κ1) is 63.7. The minimum absolute atomic E-state index is 0.320. The summed E-state index contributed by atoms with van der Waals surface area (Å²) in [7, 11) is 0. The Labute approximate surface area is 515 Å². The van der Waals surface area contributed by atoms with Crippen molar-refractivity contribution < 1.29 is 38.1 Å². The summed E-state index contributed by atoms with van der Waals surface area (Å²) in [4.78, 5) is 71.9. The number of nitrogens with zero attached hydrogens (tertiary/aromatic N) is 2. The molecule has 0 unspecified atom stereocenters. The van der Waals surface area contributed by atoms with Gasteiger partial charge in [-0.25, -0.2) is 29.1 Å². The molecule has 7 aromatic rings. The van der Waals surface area contributed by atoms with Crippen molar-refractivity contribution in [3.63, 3.8) is 0 Å². The van der Waals surface area contributed by atoms with Crippen molar-refractivity contribution in [1.29, 1.82) is 0 Å². The van der Waals surface area contributed by atoms with Crippen molar-refractivity contribution in [2.24, 2.45) is 22.9 Å². The minimum atomic E-state index is -0.400. The van der Waals surface area contributed by atoms with Crippen molar-refractivity contribution in [3.05, 3.63) is 166 Å². The van der Waals surface area contributed by atoms with Crippen molar-refractivity contribution in [3.8, 4) is 44.5 Å². The molecule has 0 radical (unpaired) electrons. The highest BCUT2D eigenvalue weighted by Gasteiger charge is 2.21. The number of hydrogen-bond donors (Lipinski definition) is 6. The molecule has 10 N–H and O–H groups in total. The van der Waals surface area contributed by atoms with Gasteiger partial charge in [-0.3, -0.25) is 0 Å². The molecule has 0 saturated carbocycles. The third kappa shape index (κ3) is 16.8. The lowest BCUT2D eigenvalue weighted by molar-refractivity contribution is 0.0488. The fourth-order valence-corrected chi connectivity index (χ4v) is 10.9. The molecule has 3 aromatic heterocycles. The smallest absolute Gasteiger partial charge is 0.338 e. The molecule has 0 fully saturated rings. The normalized spacial score (nSPS) is 11.7. The first-order valence-corrected chi connectivity index (χ1v) is 31.2. The Balaban J connectivity index is 1.20. The van der Waals surface area contributed by atoms with Crippen LogP contribution in [0.5, 0.6) is 0 Å². The lowest BCUT2D eigenvalue weighted by atomic mass is 10.0. The van der Waals surface area contributed by atoms with Gasteiger partial charge in [0.25, 0.3) is 0 Å². The van der Waals surface area contributed by atoms with Crippen LogP contribution in [0, 0.1) is 0 Å². The molecule has 0 saturated heterocycles. The van der Waals surface area contributed by atoms with Crippen LogP contribution in [0.4, 0.5) is 0 Å². The van der Waals surface area contributed by atoms with E-state index in [1.807, 2.05) is 97.1 Å². The molecule has 4 aromatic carbocycles. The molecule has 8 bridgehead atoms. The first-order valence-electron chi connectivity index (χ1n) is 31.2. The third-order valence-corrected chi connectivity index (χ3v) is 15.7. The molecule has 0 spiro atoms. The van der Waals surface area contributed by atoms with Crippen LogP contribution in [0.25, 0.3) is 90.9 Å². The molecule has 0 amide bonds. The molecule has 16 heteroatoms. The number of esters is 4. The summed E-state index contributed by atoms with van der Waals surface area (Å²) >= 11 is 0. The predicted molar refractivity (Wildman–Crippen MR) is 352 cm³/mol. The van der Waals surface area contributed by atoms with E-state index in [9.17, 15) is 19.2 Å². The zero-order chi connectivity index (χ0) is 61.5. The molecular formula is C72H82N8O8. The van der Waals surface area contributed by atoms with E-state index in [2.05, 4.69) is 9.97 Å². The minimum Gasteiger partial charge on any atom is -0.462 e. The molecule has 16 nitrogen and oxygen atoms in total. The number of aromatic nitrogens is 4. The van der Waals surface area contributed by atoms with Gasteiger partial charge in [0, 0.05) is 44.3 Å². The zero-order valence-electron chi connectivity index (χ0n) is 50.3. The number of aromatic amines is 2. The summed E-state index contributed by atoms with van der Waals surface area (Å²) in [5, 5.41) is 0. The van der Waals surface area contributed by atoms with E-state index >= 15 is 0 Å². The number of benzene rings is 4. The van der Waals surface area contributed by atoms with Gasteiger partial charge >= 0.3 is 23.9 Å². The Morgan fingerprint density at radius 2 is 0.489 bits per heavy atom. The molecule has 5 heterocycles. The lowest BCUT2D eigenvalue weighted by Crippen LogP contribution is -2.06. The number of nitrogens with two attached hydrogens (primary N) is 4. The van der Waals surface area contributed by atoms with Crippen molar-refractivity contribution in [2.75, 3.05) is 52.6 Å². The van der Waals surface area contributed by atoms with Crippen molar-refractivity contribution in [1.82, 2.24) is 19.9 Å². The Kier molecular flexibility index (Phi) is 23.7. The van der Waals surface area contributed by atoms with Crippen LogP contribution < -0.4 is 22.9 Å². The second kappa shape index (κ2) is 32.8. The van der Waals surface area contributed by atoms with Crippen LogP contribution in [0.2, 0.25) is 0 Å². The van der Waals surface area contributed by atoms with Gasteiger partial charge in [-0.15, -0.1) is 0 Å². The summed E-state index contributed by atoms with van der Waals surface area (Å²) in [6.07, 6.45) is 22.4. The van der Waals surface area contributed by atoms with Crippen LogP contribution in [-0.4, -0.2) is 96.4 Å². The Bertz CT molecular complexity index is 3240. The van der Waals surface area contributed by atoms with Crippen molar-refractivity contribution in [2.45, 2.75) is 103 Å². The highest BCUT2D eigenvalue weighted by atomic mass is 16.5. The fourth-order valence-electron chi connectivity index (χ4n) is 10.9. The zero-order valence-corrected chi connectivity index (χ0v) is 50.3. The molecule has 458 valence electrons. The molecule has 0 atom stereocenters. The topological polar surface area (TPSA) is 267 Å². The Hall–Kier alpha value is -8.80. The monoisotopic (exact) mass is 1190 g/mol. The summed E-state index contributed by atoms with van der Waals surface area (Å²) < 4.78 is 22.8. The van der Waals surface area contributed by atoms with E-state index in [4.69, 9.17) is 51.9 Å². The van der Waals surface area contributed by atoms with Gasteiger partial charge in [0.05, 0.1) is 71.5 Å². The van der Waals surface area contributed by atoms with Crippen LogP contribution in [0.3, 0.4) is 0 Å². The summed E-state index contributed by atoms with van der Waals surface area (Å²) in [5.41, 5.74) is 36.2. The van der Waals surface area contributed by atoms with Gasteiger partial charge in [-0.1, -0.05) is 99.9 Å². The molecule has 0 aliphatic carbocycles. The molecule has 2 aliphatic heterocycles. The molecule has 88 heavy (non-hydrogen) atoms. The number of unbranched alkanes of at least 4 members (excludes halogenated alkanes) is 12. The number of hydrogen-bond acceptors (Lipinski definition) is 14. The second-order valence-corrected chi connectivity index (χ2v) is 22.2. The maximum Gasteiger partial charge on any atom is 0.338 e. The van der Waals surface area contributed by atoms with Gasteiger partial charge in [-0.2, -0.15) is 0 Å². The predicted octanol–water partition coefficient (Wildman–Crippen LogP) is 14.0. The van der Waals surface area contributed by atoms with Crippen LogP contribution in [-0.2, 0) is 18.9 Å². The molecular weight excluding hydrogens is 1100 g/mol. The SMILES string of the molecule is NCCCCCCOC(=O)c1ccc(-c2c3nc(c(-c4ccc(C(=O)OCCCCCCN)cc4)c4ccc([nH]4)c(-c4ccc(C(=O)OCCCCCCN)cc4)c4nc(c(-c5ccc(C(=O)OCCCCCCN)cc5)c5ccc2[nH]5)C=C4)C=C3)cc1. The summed E-state index contributed by atoms with van der Waals surface area (Å²) in [6.45, 7) is 3.84. The average Bonchev–Trinajstić information content (AvgIpc) is 3.15. The van der Waals surface area contributed by atoms with Gasteiger partial charge in [0.1, 0.15) is 0 Å². The number of nitrogens with one attached hydrogen (secondary N) is 2. The molecule has 9 rings (SSSR count). The van der Waals surface area contributed by atoms with Gasteiger partial charge in [0.2, 0.25) is 0 Å². The van der Waals surface area contributed by atoms with Crippen LogP contribution >= 0.6 is 0 Å². The highest BCUT2D eigenvalue weighted by molar-refractivity contribution is 6.01. The fraction of sp³-hybridized carbons (Fsp3) is 0.333. The van der Waals surface area contributed by atoms with Crippen molar-refractivity contribution >= 4 is 70.2 Å². The Morgan fingerprint density at radius 3 is 0.693 bits per heavy atom. The van der Waals surface area contributed by atoms with Gasteiger partial charge < -0.3 is 51.9 Å². The highest BCUT2D eigenvalue weighted by Crippen LogP contribution is 2.39. The van der Waals surface area contributed by atoms with E-state index in [1.165, 1.54) is 0 Å². The number of rotatable bonds is 32. The van der Waals surface area contributed by atoms with E-state index < -0.39 is 23.9 Å². The molecule has 2 aliphatic rings. The first-order chi connectivity index (χ1) is 43.2. The van der Waals surface area contributed by atoms with E-state index in [0.29, 0.717) is 97.6 Å². The second-order valence-electron chi connectivity index (χ2n) is 22.2. The Morgan fingerprint density at radius 1 is 0.284 bits per heavy atom. The summed E-state index contributed by atoms with van der Waals surface area (Å²) in [5.74, 6) is -1.60. The standard InChI is InChI=1S/C72H82N8O8/c73-41-9-1-5-13-45-85-69(81)53-25-17-49(18-26-53)65-57-33-35-59(77-57)66(50-19-27-54(28-20-50)70(82)86-46-14-6-2-10-42-74)61-37-39-63(79-61)68(52-23-31-56(32-24-52)72(84)88-48-16-8-4-12-44-76)64-40-38-62(80-64)67(60-36-34-58(65)78-60)51-21-29-55(30-22-51)71(83)87-47-15-7-3-11-43-75/h17-40,77,80H,1-16,41-48,73-76H2. The van der Waals surface area contributed by atoms with Crippen LogP contribution in [0.1, 0.15) is 167 Å². The third-order valence-electron chi connectivity index (χ3n) is 15.7. The lowest BCUT2D eigenvalue weighted by Gasteiger charge is -2.09. The maximum atomic E-state index is 13.4. The largest absolute Gasteiger partial charge is 0.462 e. The average molecular weight is 1190 g/mol.